The van der Waals surface area contributed by atoms with E-state index in [1.807, 2.05) is 12.3 Å². The Morgan fingerprint density at radius 2 is 1.60 bits per heavy atom. The van der Waals surface area contributed by atoms with Crippen LogP contribution in [0.2, 0.25) is 10.0 Å². The summed E-state index contributed by atoms with van der Waals surface area (Å²) in [5.41, 5.74) is 8.57. The molecule has 2 aromatic carbocycles. The van der Waals surface area contributed by atoms with Crippen molar-refractivity contribution >= 4 is 35.1 Å². The number of rotatable bonds is 3. The smallest absolute Gasteiger partial charge is 0.0613 e. The summed E-state index contributed by atoms with van der Waals surface area (Å²) in [6, 6.07) is 9.61. The lowest BCUT2D eigenvalue weighted by molar-refractivity contribution is 1.29. The lowest BCUT2D eigenvalue weighted by Crippen LogP contribution is -1.96. The summed E-state index contributed by atoms with van der Waals surface area (Å²) in [4.78, 5) is 0. The Balaban J connectivity index is 2.16. The van der Waals surface area contributed by atoms with E-state index in [-0.39, 0.29) is 0 Å². The summed E-state index contributed by atoms with van der Waals surface area (Å²) in [5, 5.41) is 5.30. The van der Waals surface area contributed by atoms with Crippen LogP contribution in [-0.2, 0) is 0 Å². The van der Waals surface area contributed by atoms with Crippen molar-refractivity contribution in [1.82, 2.24) is 0 Å². The van der Waals surface area contributed by atoms with Gasteiger partial charge in [0, 0.05) is 5.56 Å². The van der Waals surface area contributed by atoms with E-state index < -0.39 is 0 Å². The van der Waals surface area contributed by atoms with Gasteiger partial charge in [0.15, 0.2) is 0 Å². The molecule has 2 aromatic rings. The van der Waals surface area contributed by atoms with Gasteiger partial charge in [-0.25, -0.2) is 0 Å². The highest BCUT2D eigenvalue weighted by molar-refractivity contribution is 6.42. The Hall–Kier alpha value is -1.51. The topological polar surface area (TPSA) is 24.4 Å². The van der Waals surface area contributed by atoms with E-state index in [0.717, 1.165) is 11.3 Å². The fourth-order valence-corrected chi connectivity index (χ4v) is 2.43. The van der Waals surface area contributed by atoms with Gasteiger partial charge < -0.3 is 0 Å². The van der Waals surface area contributed by atoms with Crippen LogP contribution in [0.5, 0.6) is 0 Å². The van der Waals surface area contributed by atoms with E-state index in [1.54, 1.807) is 12.1 Å². The molecule has 2 rings (SSSR count). The highest BCUT2D eigenvalue weighted by atomic mass is 35.5. The maximum Gasteiger partial charge on any atom is 0.0613 e. The Kier molecular flexibility index (Phi) is 4.69. The number of hydrazone groups is 1. The van der Waals surface area contributed by atoms with Crippen molar-refractivity contribution in [1.29, 1.82) is 0 Å². The molecule has 0 radical (unpaired) electrons. The van der Waals surface area contributed by atoms with Crippen LogP contribution in [0.25, 0.3) is 0 Å². The maximum absolute atomic E-state index is 5.95. The van der Waals surface area contributed by atoms with Crippen molar-refractivity contribution in [2.45, 2.75) is 20.8 Å². The highest BCUT2D eigenvalue weighted by Crippen LogP contribution is 2.25. The van der Waals surface area contributed by atoms with E-state index in [2.05, 4.69) is 43.4 Å². The summed E-state index contributed by atoms with van der Waals surface area (Å²) in [6.07, 6.45) is 1.83. The van der Waals surface area contributed by atoms with Crippen LogP contribution in [0.1, 0.15) is 22.3 Å². The van der Waals surface area contributed by atoms with Crippen LogP contribution in [0.4, 0.5) is 5.69 Å². The van der Waals surface area contributed by atoms with Crippen molar-refractivity contribution < 1.29 is 0 Å². The SMILES string of the molecule is Cc1cc(C)c(C=NNc2ccc(Cl)c(Cl)c2)c(C)c1. The summed E-state index contributed by atoms with van der Waals surface area (Å²) in [6.45, 7) is 6.26. The van der Waals surface area contributed by atoms with Gasteiger partial charge in [-0.05, 0) is 50.1 Å². The zero-order chi connectivity index (χ0) is 14.7. The van der Waals surface area contributed by atoms with Crippen LogP contribution in [-0.4, -0.2) is 6.21 Å². The number of benzene rings is 2. The van der Waals surface area contributed by atoms with E-state index in [1.165, 1.54) is 16.7 Å². The fourth-order valence-electron chi connectivity index (χ4n) is 2.13. The molecule has 0 aromatic heterocycles. The molecule has 0 aliphatic rings. The Labute approximate surface area is 129 Å². The average Bonchev–Trinajstić information content (AvgIpc) is 2.36. The predicted octanol–water partition coefficient (Wildman–Crippen LogP) is 5.36. The molecular formula is C16H16Cl2N2. The molecule has 0 atom stereocenters. The monoisotopic (exact) mass is 306 g/mol. The Morgan fingerprint density at radius 3 is 2.20 bits per heavy atom. The van der Waals surface area contributed by atoms with Crippen molar-refractivity contribution in [3.8, 4) is 0 Å². The number of hydrogen-bond donors (Lipinski definition) is 1. The van der Waals surface area contributed by atoms with Gasteiger partial charge in [-0.1, -0.05) is 40.9 Å². The highest BCUT2D eigenvalue weighted by Gasteiger charge is 2.01. The molecule has 0 spiro atoms. The van der Waals surface area contributed by atoms with Crippen molar-refractivity contribution in [3.05, 3.63) is 62.6 Å². The van der Waals surface area contributed by atoms with E-state index in [9.17, 15) is 0 Å². The second-order valence-electron chi connectivity index (χ2n) is 4.81. The summed E-state index contributed by atoms with van der Waals surface area (Å²) < 4.78 is 0. The third-order valence-electron chi connectivity index (χ3n) is 3.04. The van der Waals surface area contributed by atoms with Gasteiger partial charge in [-0.15, -0.1) is 0 Å². The van der Waals surface area contributed by atoms with Gasteiger partial charge in [-0.3, -0.25) is 5.43 Å². The molecule has 2 nitrogen and oxygen atoms in total. The van der Waals surface area contributed by atoms with Gasteiger partial charge in [0.2, 0.25) is 0 Å². The molecule has 4 heteroatoms. The number of anilines is 1. The van der Waals surface area contributed by atoms with Crippen molar-refractivity contribution in [2.75, 3.05) is 5.43 Å². The first-order valence-electron chi connectivity index (χ1n) is 6.29. The average molecular weight is 307 g/mol. The molecule has 0 unspecified atom stereocenters. The lowest BCUT2D eigenvalue weighted by Gasteiger charge is -2.07. The second kappa shape index (κ2) is 6.29. The minimum atomic E-state index is 0.509. The standard InChI is InChI=1S/C16H16Cl2N2/c1-10-6-11(2)14(12(3)7-10)9-19-20-13-4-5-15(17)16(18)8-13/h4-9,20H,1-3H3. The molecule has 0 heterocycles. The van der Waals surface area contributed by atoms with Gasteiger partial charge in [0.25, 0.3) is 0 Å². The zero-order valence-corrected chi connectivity index (χ0v) is 13.2. The number of nitrogens with one attached hydrogen (secondary N) is 1. The van der Waals surface area contributed by atoms with Crippen molar-refractivity contribution in [3.63, 3.8) is 0 Å². The molecule has 1 N–H and O–H groups in total. The first kappa shape index (κ1) is 14.9. The van der Waals surface area contributed by atoms with Crippen LogP contribution >= 0.6 is 23.2 Å². The van der Waals surface area contributed by atoms with Gasteiger partial charge in [-0.2, -0.15) is 5.10 Å². The largest absolute Gasteiger partial charge is 0.278 e. The Bertz CT molecular complexity index is 641. The normalized spacial score (nSPS) is 11.1. The Morgan fingerprint density at radius 1 is 0.950 bits per heavy atom. The van der Waals surface area contributed by atoms with Gasteiger partial charge in [0.1, 0.15) is 0 Å². The number of aryl methyl sites for hydroxylation is 3. The van der Waals surface area contributed by atoms with Gasteiger partial charge >= 0.3 is 0 Å². The maximum atomic E-state index is 5.95. The number of nitrogens with zero attached hydrogens (tertiary/aromatic N) is 1. The molecule has 104 valence electrons. The van der Waals surface area contributed by atoms with Crippen molar-refractivity contribution in [2.24, 2.45) is 5.10 Å². The fraction of sp³-hybridized carbons (Fsp3) is 0.188. The molecule has 0 saturated heterocycles. The molecule has 0 aliphatic carbocycles. The number of hydrogen-bond acceptors (Lipinski definition) is 2. The molecular weight excluding hydrogens is 291 g/mol. The third-order valence-corrected chi connectivity index (χ3v) is 3.78. The molecule has 0 aliphatic heterocycles. The van der Waals surface area contributed by atoms with Crippen LogP contribution in [0.3, 0.4) is 0 Å². The number of halogens is 2. The summed E-state index contributed by atoms with van der Waals surface area (Å²) in [7, 11) is 0. The van der Waals surface area contributed by atoms with Gasteiger partial charge in [0.05, 0.1) is 21.9 Å². The molecule has 0 bridgehead atoms. The molecule has 0 amide bonds. The van der Waals surface area contributed by atoms with Crippen LogP contribution < -0.4 is 5.43 Å². The lowest BCUT2D eigenvalue weighted by atomic mass is 10.0. The first-order valence-corrected chi connectivity index (χ1v) is 7.05. The second-order valence-corrected chi connectivity index (χ2v) is 5.63. The predicted molar refractivity (Wildman–Crippen MR) is 88.3 cm³/mol. The first-order chi connectivity index (χ1) is 9.47. The summed E-state index contributed by atoms with van der Waals surface area (Å²) >= 11 is 11.8. The molecule has 20 heavy (non-hydrogen) atoms. The third kappa shape index (κ3) is 3.53. The quantitative estimate of drug-likeness (QED) is 0.598. The summed E-state index contributed by atoms with van der Waals surface area (Å²) in [5.74, 6) is 0. The van der Waals surface area contributed by atoms with E-state index in [4.69, 9.17) is 23.2 Å². The zero-order valence-electron chi connectivity index (χ0n) is 11.7. The van der Waals surface area contributed by atoms with E-state index >= 15 is 0 Å². The van der Waals surface area contributed by atoms with Crippen LogP contribution in [0.15, 0.2) is 35.4 Å². The molecule has 0 saturated carbocycles. The van der Waals surface area contributed by atoms with E-state index in [0.29, 0.717) is 10.0 Å². The molecule has 0 fully saturated rings. The minimum Gasteiger partial charge on any atom is -0.278 e. The van der Waals surface area contributed by atoms with Crippen LogP contribution in [0, 0.1) is 20.8 Å². The minimum absolute atomic E-state index is 0.509.